The number of nitrogens with one attached hydrogen (secondary N) is 1. The molecule has 1 heterocycles. The molecule has 0 aliphatic rings. The number of hydrogen-bond donors (Lipinski definition) is 1. The highest BCUT2D eigenvalue weighted by Gasteiger charge is 2.20. The van der Waals surface area contributed by atoms with E-state index >= 15 is 0 Å². The van der Waals surface area contributed by atoms with E-state index in [1.807, 2.05) is 55.3 Å². The quantitative estimate of drug-likeness (QED) is 0.918. The molecule has 1 aromatic heterocycles. The average molecular weight is 300 g/mol. The van der Waals surface area contributed by atoms with Crippen LogP contribution in [0, 0.1) is 6.92 Å². The van der Waals surface area contributed by atoms with E-state index in [9.17, 15) is 4.79 Å². The summed E-state index contributed by atoms with van der Waals surface area (Å²) in [5, 5.41) is 7.21. The van der Waals surface area contributed by atoms with Crippen molar-refractivity contribution in [3.63, 3.8) is 0 Å². The number of aromatic nitrogens is 2. The highest BCUT2D eigenvalue weighted by Crippen LogP contribution is 2.14. The number of aryl methyl sites for hydroxylation is 2. The van der Waals surface area contributed by atoms with E-state index in [1.54, 1.807) is 4.68 Å². The number of benzene rings is 1. The molecule has 2 amide bonds. The molecule has 0 bridgehead atoms. The summed E-state index contributed by atoms with van der Waals surface area (Å²) in [5.41, 5.74) is 2.01. The molecule has 22 heavy (non-hydrogen) atoms. The van der Waals surface area contributed by atoms with Crippen molar-refractivity contribution in [3.8, 4) is 0 Å². The average Bonchev–Trinajstić information content (AvgIpc) is 2.82. The van der Waals surface area contributed by atoms with Gasteiger partial charge in [-0.1, -0.05) is 37.3 Å². The zero-order valence-electron chi connectivity index (χ0n) is 13.7. The number of nitrogens with zero attached hydrogens (tertiary/aromatic N) is 3. The van der Waals surface area contributed by atoms with Crippen LogP contribution in [0.1, 0.15) is 31.5 Å². The Morgan fingerprint density at radius 2 is 2.05 bits per heavy atom. The van der Waals surface area contributed by atoms with Gasteiger partial charge in [0.2, 0.25) is 0 Å². The summed E-state index contributed by atoms with van der Waals surface area (Å²) in [6.07, 6.45) is 0.907. The van der Waals surface area contributed by atoms with E-state index in [1.165, 1.54) is 0 Å². The summed E-state index contributed by atoms with van der Waals surface area (Å²) in [7, 11) is 1.83. The Kier molecular flexibility index (Phi) is 5.20. The second-order valence-electron chi connectivity index (χ2n) is 5.60. The Morgan fingerprint density at radius 1 is 1.36 bits per heavy atom. The molecule has 0 saturated carbocycles. The Hall–Kier alpha value is -2.30. The van der Waals surface area contributed by atoms with Crippen molar-refractivity contribution in [2.24, 2.45) is 7.05 Å². The number of rotatable bonds is 5. The summed E-state index contributed by atoms with van der Waals surface area (Å²) >= 11 is 0. The maximum Gasteiger partial charge on any atom is 0.323 e. The van der Waals surface area contributed by atoms with Crippen LogP contribution < -0.4 is 5.32 Å². The van der Waals surface area contributed by atoms with Crippen LogP contribution in [-0.4, -0.2) is 26.8 Å². The van der Waals surface area contributed by atoms with Crippen LogP contribution >= 0.6 is 0 Å². The van der Waals surface area contributed by atoms with Gasteiger partial charge in [-0.15, -0.1) is 0 Å². The summed E-state index contributed by atoms with van der Waals surface area (Å²) < 4.78 is 1.69. The van der Waals surface area contributed by atoms with Crippen LogP contribution in [0.4, 0.5) is 10.6 Å². The van der Waals surface area contributed by atoms with Crippen molar-refractivity contribution in [1.29, 1.82) is 0 Å². The highest BCUT2D eigenvalue weighted by molar-refractivity contribution is 5.88. The predicted octanol–water partition coefficient (Wildman–Crippen LogP) is 3.56. The lowest BCUT2D eigenvalue weighted by Gasteiger charge is -2.28. The van der Waals surface area contributed by atoms with Crippen LogP contribution in [-0.2, 0) is 13.6 Å². The topological polar surface area (TPSA) is 50.2 Å². The lowest BCUT2D eigenvalue weighted by molar-refractivity contribution is 0.187. The molecule has 0 saturated heterocycles. The van der Waals surface area contributed by atoms with Gasteiger partial charge in [0, 0.05) is 25.7 Å². The summed E-state index contributed by atoms with van der Waals surface area (Å²) in [4.78, 5) is 14.5. The van der Waals surface area contributed by atoms with Gasteiger partial charge in [-0.25, -0.2) is 4.79 Å². The number of urea groups is 1. The molecule has 0 aliphatic heterocycles. The minimum absolute atomic E-state index is 0.0961. The SMILES string of the molecule is CC[C@@H](C)N(Cc1ccccc1)C(=O)Nc1cc(C)nn1C. The zero-order chi connectivity index (χ0) is 16.1. The number of anilines is 1. The molecule has 1 atom stereocenters. The van der Waals surface area contributed by atoms with Crippen molar-refractivity contribution in [3.05, 3.63) is 47.7 Å². The van der Waals surface area contributed by atoms with Crippen LogP contribution in [0.25, 0.3) is 0 Å². The van der Waals surface area contributed by atoms with Gasteiger partial charge in [0.1, 0.15) is 5.82 Å². The van der Waals surface area contributed by atoms with Crippen LogP contribution in [0.5, 0.6) is 0 Å². The molecule has 1 N–H and O–H groups in total. The van der Waals surface area contributed by atoms with Gasteiger partial charge in [-0.2, -0.15) is 5.10 Å². The smallest absolute Gasteiger partial charge is 0.317 e. The molecular weight excluding hydrogens is 276 g/mol. The fraction of sp³-hybridized carbons (Fsp3) is 0.412. The number of carbonyl (C=O) groups excluding carboxylic acids is 1. The minimum atomic E-state index is -0.0961. The predicted molar refractivity (Wildman–Crippen MR) is 88.7 cm³/mol. The van der Waals surface area contributed by atoms with Crippen molar-refractivity contribution < 1.29 is 4.79 Å². The normalized spacial score (nSPS) is 12.0. The lowest BCUT2D eigenvalue weighted by atomic mass is 10.1. The molecule has 0 unspecified atom stereocenters. The maximum atomic E-state index is 12.7. The first kappa shape index (κ1) is 16.1. The first-order valence-electron chi connectivity index (χ1n) is 7.63. The molecule has 0 aliphatic carbocycles. The molecule has 0 fully saturated rings. The molecule has 0 spiro atoms. The fourth-order valence-electron chi connectivity index (χ4n) is 2.34. The van der Waals surface area contributed by atoms with Gasteiger partial charge >= 0.3 is 6.03 Å². The van der Waals surface area contributed by atoms with E-state index in [0.717, 1.165) is 17.7 Å². The van der Waals surface area contributed by atoms with Crippen molar-refractivity contribution in [2.45, 2.75) is 39.8 Å². The monoisotopic (exact) mass is 300 g/mol. The van der Waals surface area contributed by atoms with Gasteiger partial charge in [0.15, 0.2) is 0 Å². The van der Waals surface area contributed by atoms with Crippen LogP contribution in [0.2, 0.25) is 0 Å². The third kappa shape index (κ3) is 3.87. The Balaban J connectivity index is 2.14. The molecule has 5 nitrogen and oxygen atoms in total. The van der Waals surface area contributed by atoms with E-state index in [2.05, 4.69) is 24.3 Å². The third-order valence-electron chi connectivity index (χ3n) is 3.82. The number of amides is 2. The summed E-state index contributed by atoms with van der Waals surface area (Å²) in [6, 6.07) is 12.0. The van der Waals surface area contributed by atoms with Crippen LogP contribution in [0.3, 0.4) is 0 Å². The van der Waals surface area contributed by atoms with Crippen molar-refractivity contribution in [2.75, 3.05) is 5.32 Å². The minimum Gasteiger partial charge on any atom is -0.317 e. The second-order valence-corrected chi connectivity index (χ2v) is 5.60. The zero-order valence-corrected chi connectivity index (χ0v) is 13.7. The van der Waals surface area contributed by atoms with Crippen LogP contribution in [0.15, 0.2) is 36.4 Å². The van der Waals surface area contributed by atoms with Gasteiger partial charge in [-0.05, 0) is 25.8 Å². The summed E-state index contributed by atoms with van der Waals surface area (Å²) in [6.45, 7) is 6.66. The maximum absolute atomic E-state index is 12.7. The Labute approximate surface area is 131 Å². The highest BCUT2D eigenvalue weighted by atomic mass is 16.2. The standard InChI is InChI=1S/C17H24N4O/c1-5-14(3)21(12-15-9-7-6-8-10-15)17(22)18-16-11-13(2)19-20(16)4/h6-11,14H,5,12H2,1-4H3,(H,18,22)/t14-/m1/s1. The molecule has 118 valence electrons. The molecule has 1 aromatic carbocycles. The third-order valence-corrected chi connectivity index (χ3v) is 3.82. The molecular formula is C17H24N4O. The van der Waals surface area contributed by atoms with E-state index in [4.69, 9.17) is 0 Å². The fourth-order valence-corrected chi connectivity index (χ4v) is 2.34. The van der Waals surface area contributed by atoms with Gasteiger partial charge in [0.25, 0.3) is 0 Å². The van der Waals surface area contributed by atoms with E-state index in [-0.39, 0.29) is 12.1 Å². The molecule has 5 heteroatoms. The Bertz CT molecular complexity index is 621. The molecule has 2 rings (SSSR count). The van der Waals surface area contributed by atoms with Gasteiger partial charge in [0.05, 0.1) is 5.69 Å². The number of carbonyl (C=O) groups is 1. The lowest BCUT2D eigenvalue weighted by Crippen LogP contribution is -2.41. The Morgan fingerprint density at radius 3 is 2.59 bits per heavy atom. The van der Waals surface area contributed by atoms with Gasteiger partial charge in [-0.3, -0.25) is 10.00 Å². The second kappa shape index (κ2) is 7.11. The van der Waals surface area contributed by atoms with Crippen molar-refractivity contribution in [1.82, 2.24) is 14.7 Å². The molecule has 0 radical (unpaired) electrons. The first-order chi connectivity index (χ1) is 10.5. The van der Waals surface area contributed by atoms with E-state index in [0.29, 0.717) is 12.4 Å². The number of hydrogen-bond acceptors (Lipinski definition) is 2. The first-order valence-corrected chi connectivity index (χ1v) is 7.63. The van der Waals surface area contributed by atoms with E-state index < -0.39 is 0 Å². The largest absolute Gasteiger partial charge is 0.323 e. The van der Waals surface area contributed by atoms with Gasteiger partial charge < -0.3 is 4.90 Å². The molecule has 2 aromatic rings. The van der Waals surface area contributed by atoms with Crippen molar-refractivity contribution >= 4 is 11.8 Å². The summed E-state index contributed by atoms with van der Waals surface area (Å²) in [5.74, 6) is 0.712.